The minimum absolute atomic E-state index is 0.225. The van der Waals surface area contributed by atoms with Crippen molar-refractivity contribution in [2.75, 3.05) is 12.9 Å². The predicted molar refractivity (Wildman–Crippen MR) is 48.0 cm³/mol. The van der Waals surface area contributed by atoms with Gasteiger partial charge >= 0.3 is 5.97 Å². The van der Waals surface area contributed by atoms with E-state index in [9.17, 15) is 13.2 Å². The van der Waals surface area contributed by atoms with Gasteiger partial charge in [0.2, 0.25) is 0 Å². The molecule has 0 aromatic carbocycles. The van der Waals surface area contributed by atoms with E-state index in [1.165, 1.54) is 19.3 Å². The quantitative estimate of drug-likeness (QED) is 0.479. The Morgan fingerprint density at radius 3 is 2.69 bits per heavy atom. The number of carbonyl (C=O) groups is 1. The zero-order chi connectivity index (χ0) is 9.90. The number of methoxy groups -OCH3 is 1. The summed E-state index contributed by atoms with van der Waals surface area (Å²) in [6.07, 6.45) is 3.87. The molecule has 74 valence electrons. The molecule has 1 aliphatic rings. The molecule has 0 bridgehead atoms. The van der Waals surface area contributed by atoms with Crippen molar-refractivity contribution in [1.29, 1.82) is 0 Å². The van der Waals surface area contributed by atoms with Crippen LogP contribution in [0.1, 0.15) is 12.8 Å². The van der Waals surface area contributed by atoms with Crippen LogP contribution in [0.4, 0.5) is 0 Å². The normalized spacial score (nSPS) is 26.4. The highest BCUT2D eigenvalue weighted by atomic mass is 32.2. The van der Waals surface area contributed by atoms with E-state index in [0.717, 1.165) is 0 Å². The molecule has 1 rings (SSSR count). The van der Waals surface area contributed by atoms with Gasteiger partial charge in [-0.15, -0.1) is 0 Å². The van der Waals surface area contributed by atoms with Gasteiger partial charge in [-0.05, 0) is 12.8 Å². The molecule has 1 saturated heterocycles. The van der Waals surface area contributed by atoms with E-state index in [2.05, 4.69) is 4.74 Å². The Kier molecular flexibility index (Phi) is 3.08. The Hall–Kier alpha value is -0.840. The van der Waals surface area contributed by atoms with Gasteiger partial charge in [0.1, 0.15) is 0 Å². The molecule has 1 atom stereocenters. The number of sulfone groups is 1. The van der Waals surface area contributed by atoms with Crippen LogP contribution in [0.15, 0.2) is 12.2 Å². The third kappa shape index (κ3) is 2.55. The molecule has 0 aromatic heterocycles. The molecule has 5 heteroatoms. The fourth-order valence-electron chi connectivity index (χ4n) is 1.29. The molecule has 1 heterocycles. The van der Waals surface area contributed by atoms with Crippen molar-refractivity contribution in [1.82, 2.24) is 0 Å². The number of carbonyl (C=O) groups excluding carboxylic acids is 1. The van der Waals surface area contributed by atoms with Gasteiger partial charge in [-0.25, -0.2) is 13.2 Å². The summed E-state index contributed by atoms with van der Waals surface area (Å²) in [4.78, 5) is 10.7. The summed E-state index contributed by atoms with van der Waals surface area (Å²) in [6.45, 7) is 0. The van der Waals surface area contributed by atoms with Gasteiger partial charge < -0.3 is 4.74 Å². The summed E-state index contributed by atoms with van der Waals surface area (Å²) >= 11 is 0. The molecule has 4 nitrogen and oxygen atoms in total. The fourth-order valence-corrected chi connectivity index (χ4v) is 3.00. The SMILES string of the molecule is COC(=O)/C=C\C1CCCS1(=O)=O. The van der Waals surface area contributed by atoms with Crippen molar-refractivity contribution < 1.29 is 17.9 Å². The summed E-state index contributed by atoms with van der Waals surface area (Å²) in [5, 5.41) is -0.494. The highest BCUT2D eigenvalue weighted by Gasteiger charge is 2.28. The zero-order valence-electron chi connectivity index (χ0n) is 7.39. The lowest BCUT2D eigenvalue weighted by atomic mass is 10.2. The van der Waals surface area contributed by atoms with Crippen LogP contribution in [0.25, 0.3) is 0 Å². The Morgan fingerprint density at radius 1 is 1.54 bits per heavy atom. The van der Waals surface area contributed by atoms with Gasteiger partial charge in [0, 0.05) is 6.08 Å². The lowest BCUT2D eigenvalue weighted by Crippen LogP contribution is -2.13. The summed E-state index contributed by atoms with van der Waals surface area (Å²) in [5.41, 5.74) is 0. The van der Waals surface area contributed by atoms with Crippen LogP contribution < -0.4 is 0 Å². The molecule has 0 aliphatic carbocycles. The first-order valence-corrected chi connectivity index (χ1v) is 5.75. The second-order valence-electron chi connectivity index (χ2n) is 2.93. The molecule has 0 spiro atoms. The Bertz CT molecular complexity index is 315. The van der Waals surface area contributed by atoms with Gasteiger partial charge in [-0.2, -0.15) is 0 Å². The topological polar surface area (TPSA) is 60.4 Å². The maximum Gasteiger partial charge on any atom is 0.330 e. The molecule has 0 saturated carbocycles. The van der Waals surface area contributed by atoms with Crippen LogP contribution in [0.2, 0.25) is 0 Å². The number of esters is 1. The average molecular weight is 204 g/mol. The summed E-state index contributed by atoms with van der Waals surface area (Å²) in [7, 11) is -1.73. The molecule has 0 N–H and O–H groups in total. The molecular formula is C8H12O4S. The molecule has 1 aliphatic heterocycles. The molecule has 13 heavy (non-hydrogen) atoms. The van der Waals surface area contributed by atoms with Crippen molar-refractivity contribution in [3.63, 3.8) is 0 Å². The third-order valence-corrected chi connectivity index (χ3v) is 4.20. The van der Waals surface area contributed by atoms with E-state index < -0.39 is 21.1 Å². The first kappa shape index (κ1) is 10.2. The number of hydrogen-bond donors (Lipinski definition) is 0. The number of rotatable bonds is 2. The second-order valence-corrected chi connectivity index (χ2v) is 5.27. The Labute approximate surface area is 77.5 Å². The standard InChI is InChI=1S/C8H12O4S/c1-12-8(9)5-4-7-3-2-6-13(7,10)11/h4-5,7H,2-3,6H2,1H3/b5-4-. The molecule has 0 amide bonds. The largest absolute Gasteiger partial charge is 0.466 e. The average Bonchev–Trinajstić information content (AvgIpc) is 2.41. The highest BCUT2D eigenvalue weighted by Crippen LogP contribution is 2.20. The van der Waals surface area contributed by atoms with Gasteiger partial charge in [0.15, 0.2) is 9.84 Å². The molecular weight excluding hydrogens is 192 g/mol. The van der Waals surface area contributed by atoms with E-state index in [-0.39, 0.29) is 5.75 Å². The van der Waals surface area contributed by atoms with Crippen LogP contribution in [0.3, 0.4) is 0 Å². The van der Waals surface area contributed by atoms with Crippen LogP contribution in [-0.2, 0) is 19.4 Å². The maximum absolute atomic E-state index is 11.3. The molecule has 1 fully saturated rings. The summed E-state index contributed by atoms with van der Waals surface area (Å²) in [5.74, 6) is -0.287. The van der Waals surface area contributed by atoms with Gasteiger partial charge in [-0.3, -0.25) is 0 Å². The molecule has 1 unspecified atom stereocenters. The second kappa shape index (κ2) is 3.91. The number of hydrogen-bond acceptors (Lipinski definition) is 4. The Balaban J connectivity index is 2.65. The van der Waals surface area contributed by atoms with E-state index >= 15 is 0 Å². The van der Waals surface area contributed by atoms with E-state index in [1.807, 2.05) is 0 Å². The van der Waals surface area contributed by atoms with Gasteiger partial charge in [0.25, 0.3) is 0 Å². The monoisotopic (exact) mass is 204 g/mol. The van der Waals surface area contributed by atoms with E-state index in [1.54, 1.807) is 0 Å². The van der Waals surface area contributed by atoms with Crippen LogP contribution >= 0.6 is 0 Å². The van der Waals surface area contributed by atoms with Crippen LogP contribution in [0, 0.1) is 0 Å². The predicted octanol–water partition coefficient (Wildman–Crippen LogP) is 0.293. The summed E-state index contributed by atoms with van der Waals surface area (Å²) in [6, 6.07) is 0. The van der Waals surface area contributed by atoms with Crippen molar-refractivity contribution in [2.45, 2.75) is 18.1 Å². The first-order chi connectivity index (χ1) is 6.06. The third-order valence-electron chi connectivity index (χ3n) is 2.03. The van der Waals surface area contributed by atoms with Gasteiger partial charge in [-0.1, -0.05) is 6.08 Å². The summed E-state index contributed by atoms with van der Waals surface area (Å²) < 4.78 is 26.9. The smallest absolute Gasteiger partial charge is 0.330 e. The molecule has 0 radical (unpaired) electrons. The lowest BCUT2D eigenvalue weighted by molar-refractivity contribution is -0.134. The zero-order valence-corrected chi connectivity index (χ0v) is 8.21. The van der Waals surface area contributed by atoms with Crippen LogP contribution in [-0.4, -0.2) is 32.5 Å². The van der Waals surface area contributed by atoms with Crippen molar-refractivity contribution >= 4 is 15.8 Å². The van der Waals surface area contributed by atoms with E-state index in [0.29, 0.717) is 12.8 Å². The molecule has 0 aromatic rings. The minimum Gasteiger partial charge on any atom is -0.466 e. The van der Waals surface area contributed by atoms with E-state index in [4.69, 9.17) is 0 Å². The van der Waals surface area contributed by atoms with Crippen molar-refractivity contribution in [3.05, 3.63) is 12.2 Å². The minimum atomic E-state index is -2.99. The van der Waals surface area contributed by atoms with Crippen molar-refractivity contribution in [3.8, 4) is 0 Å². The number of ether oxygens (including phenoxy) is 1. The van der Waals surface area contributed by atoms with Crippen molar-refractivity contribution in [2.24, 2.45) is 0 Å². The fraction of sp³-hybridized carbons (Fsp3) is 0.625. The highest BCUT2D eigenvalue weighted by molar-refractivity contribution is 7.92. The maximum atomic E-state index is 11.3. The Morgan fingerprint density at radius 2 is 2.23 bits per heavy atom. The van der Waals surface area contributed by atoms with Gasteiger partial charge in [0.05, 0.1) is 18.1 Å². The lowest BCUT2D eigenvalue weighted by Gasteiger charge is -2.00. The first-order valence-electron chi connectivity index (χ1n) is 4.04. The van der Waals surface area contributed by atoms with Crippen LogP contribution in [0.5, 0.6) is 0 Å².